The molecule has 1 rings (SSSR count). The van der Waals surface area contributed by atoms with Gasteiger partial charge < -0.3 is 11.1 Å². The van der Waals surface area contributed by atoms with Crippen LogP contribution in [0.25, 0.3) is 0 Å². The van der Waals surface area contributed by atoms with E-state index >= 15 is 0 Å². The van der Waals surface area contributed by atoms with Gasteiger partial charge in [0.05, 0.1) is 12.1 Å². The van der Waals surface area contributed by atoms with Crippen LogP contribution >= 0.6 is 11.3 Å². The number of hydrogen-bond donors (Lipinski definition) is 2. The first-order valence-corrected chi connectivity index (χ1v) is 7.31. The fraction of sp³-hybridized carbons (Fsp3) is 0.643. The van der Waals surface area contributed by atoms with E-state index in [4.69, 9.17) is 5.73 Å². The van der Waals surface area contributed by atoms with Gasteiger partial charge in [-0.25, -0.2) is 0 Å². The molecule has 1 amide bonds. The van der Waals surface area contributed by atoms with Crippen LogP contribution in [0, 0.1) is 19.8 Å². The van der Waals surface area contributed by atoms with E-state index in [0.29, 0.717) is 0 Å². The zero-order valence-electron chi connectivity index (χ0n) is 11.9. The highest BCUT2D eigenvalue weighted by Gasteiger charge is 2.22. The Morgan fingerprint density at radius 2 is 2.06 bits per heavy atom. The number of thiophene rings is 1. The molecule has 3 nitrogen and oxygen atoms in total. The largest absolute Gasteiger partial charge is 0.348 e. The van der Waals surface area contributed by atoms with Crippen molar-refractivity contribution in [2.24, 2.45) is 11.7 Å². The summed E-state index contributed by atoms with van der Waals surface area (Å²) in [6.07, 6.45) is 0.916. The zero-order valence-corrected chi connectivity index (χ0v) is 12.7. The summed E-state index contributed by atoms with van der Waals surface area (Å²) in [5.41, 5.74) is 7.13. The van der Waals surface area contributed by atoms with Crippen LogP contribution in [0.4, 0.5) is 0 Å². The van der Waals surface area contributed by atoms with Gasteiger partial charge in [-0.2, -0.15) is 0 Å². The molecule has 3 unspecified atom stereocenters. The summed E-state index contributed by atoms with van der Waals surface area (Å²) >= 11 is 1.76. The number of carbonyl (C=O) groups is 1. The Morgan fingerprint density at radius 1 is 1.44 bits per heavy atom. The monoisotopic (exact) mass is 268 g/mol. The van der Waals surface area contributed by atoms with Crippen LogP contribution in [0.1, 0.15) is 48.6 Å². The maximum Gasteiger partial charge on any atom is 0.237 e. The molecule has 18 heavy (non-hydrogen) atoms. The molecule has 1 aromatic rings. The summed E-state index contributed by atoms with van der Waals surface area (Å²) in [5.74, 6) is 0.155. The molecule has 0 saturated carbocycles. The Hall–Kier alpha value is -0.870. The lowest BCUT2D eigenvalue weighted by molar-refractivity contribution is -0.124. The Bertz CT molecular complexity index is 414. The van der Waals surface area contributed by atoms with Crippen molar-refractivity contribution in [1.82, 2.24) is 5.32 Å². The molecule has 3 atom stereocenters. The van der Waals surface area contributed by atoms with Gasteiger partial charge in [0.1, 0.15) is 0 Å². The van der Waals surface area contributed by atoms with Gasteiger partial charge in [0.25, 0.3) is 0 Å². The molecular formula is C14H24N2OS. The van der Waals surface area contributed by atoms with E-state index in [2.05, 4.69) is 25.2 Å². The van der Waals surface area contributed by atoms with E-state index in [1.807, 2.05) is 20.8 Å². The molecule has 0 aromatic carbocycles. The van der Waals surface area contributed by atoms with Crippen LogP contribution in [0.15, 0.2) is 6.07 Å². The van der Waals surface area contributed by atoms with Crippen molar-refractivity contribution in [3.63, 3.8) is 0 Å². The number of amides is 1. The molecule has 0 saturated heterocycles. The predicted molar refractivity (Wildman–Crippen MR) is 77.8 cm³/mol. The number of nitrogens with one attached hydrogen (secondary N) is 1. The molecule has 0 aliphatic heterocycles. The van der Waals surface area contributed by atoms with E-state index in [9.17, 15) is 4.79 Å². The van der Waals surface area contributed by atoms with Gasteiger partial charge in [-0.3, -0.25) is 4.79 Å². The van der Waals surface area contributed by atoms with Crippen LogP contribution < -0.4 is 11.1 Å². The number of aryl methyl sites for hydroxylation is 2. The molecule has 3 N–H and O–H groups in total. The average Bonchev–Trinajstić information content (AvgIpc) is 2.66. The standard InChI is InChI=1S/C14H24N2OS/c1-6-8(2)13(15)14(17)16-10(4)12-7-9(3)18-11(12)5/h7-8,10,13H,6,15H2,1-5H3,(H,16,17). The fourth-order valence-corrected chi connectivity index (χ4v) is 3.00. The van der Waals surface area contributed by atoms with Gasteiger partial charge in [-0.15, -0.1) is 11.3 Å². The molecule has 102 valence electrons. The Labute approximate surface area is 114 Å². The van der Waals surface area contributed by atoms with E-state index in [1.54, 1.807) is 11.3 Å². The van der Waals surface area contributed by atoms with Crippen LogP contribution in [-0.2, 0) is 4.79 Å². The second-order valence-corrected chi connectivity index (χ2v) is 6.47. The Balaban J connectivity index is 2.67. The predicted octanol–water partition coefficient (Wildman–Crippen LogP) is 2.92. The quantitative estimate of drug-likeness (QED) is 0.862. The summed E-state index contributed by atoms with van der Waals surface area (Å²) < 4.78 is 0. The SMILES string of the molecule is CCC(C)C(N)C(=O)NC(C)c1cc(C)sc1C. The Morgan fingerprint density at radius 3 is 2.50 bits per heavy atom. The first-order valence-electron chi connectivity index (χ1n) is 6.49. The highest BCUT2D eigenvalue weighted by Crippen LogP contribution is 2.26. The molecule has 0 radical (unpaired) electrons. The van der Waals surface area contributed by atoms with Gasteiger partial charge >= 0.3 is 0 Å². The second kappa shape index (κ2) is 6.34. The van der Waals surface area contributed by atoms with Crippen LogP contribution in [-0.4, -0.2) is 11.9 Å². The molecule has 0 aliphatic carbocycles. The minimum absolute atomic E-state index is 0.0255. The minimum Gasteiger partial charge on any atom is -0.348 e. The third kappa shape index (κ3) is 3.56. The van der Waals surface area contributed by atoms with E-state index in [-0.39, 0.29) is 17.9 Å². The minimum atomic E-state index is -0.419. The lowest BCUT2D eigenvalue weighted by atomic mass is 9.99. The van der Waals surface area contributed by atoms with Gasteiger partial charge in [0.15, 0.2) is 0 Å². The highest BCUT2D eigenvalue weighted by molar-refractivity contribution is 7.12. The molecule has 0 bridgehead atoms. The van der Waals surface area contributed by atoms with Gasteiger partial charge in [-0.05, 0) is 38.3 Å². The van der Waals surface area contributed by atoms with Crippen LogP contribution in [0.5, 0.6) is 0 Å². The Kier molecular flexibility index (Phi) is 5.35. The van der Waals surface area contributed by atoms with Gasteiger partial charge in [0, 0.05) is 9.75 Å². The van der Waals surface area contributed by atoms with Gasteiger partial charge in [-0.1, -0.05) is 20.3 Å². The molecule has 1 heterocycles. The lowest BCUT2D eigenvalue weighted by Gasteiger charge is -2.21. The lowest BCUT2D eigenvalue weighted by Crippen LogP contribution is -2.45. The first-order chi connectivity index (χ1) is 8.36. The number of rotatable bonds is 5. The number of carbonyl (C=O) groups excluding carboxylic acids is 1. The normalized spacial score (nSPS) is 16.1. The smallest absolute Gasteiger partial charge is 0.237 e. The van der Waals surface area contributed by atoms with E-state index in [0.717, 1.165) is 6.42 Å². The summed E-state index contributed by atoms with van der Waals surface area (Å²) in [4.78, 5) is 14.5. The molecule has 0 aliphatic rings. The summed E-state index contributed by atoms with van der Waals surface area (Å²) in [5, 5.41) is 3.01. The topological polar surface area (TPSA) is 55.1 Å². The fourth-order valence-electron chi connectivity index (χ4n) is 1.98. The molecular weight excluding hydrogens is 244 g/mol. The molecule has 4 heteroatoms. The molecule has 1 aromatic heterocycles. The van der Waals surface area contributed by atoms with Crippen molar-refractivity contribution in [2.75, 3.05) is 0 Å². The van der Waals surface area contributed by atoms with Gasteiger partial charge in [0.2, 0.25) is 5.91 Å². The van der Waals surface area contributed by atoms with Crippen LogP contribution in [0.3, 0.4) is 0 Å². The van der Waals surface area contributed by atoms with Crippen molar-refractivity contribution in [3.8, 4) is 0 Å². The van der Waals surface area contributed by atoms with Crippen molar-refractivity contribution in [1.29, 1.82) is 0 Å². The third-order valence-electron chi connectivity index (χ3n) is 3.46. The third-order valence-corrected chi connectivity index (χ3v) is 4.45. The maximum atomic E-state index is 12.0. The van der Waals surface area contributed by atoms with Crippen molar-refractivity contribution >= 4 is 17.2 Å². The zero-order chi connectivity index (χ0) is 13.9. The van der Waals surface area contributed by atoms with E-state index < -0.39 is 6.04 Å². The number of hydrogen-bond acceptors (Lipinski definition) is 3. The average molecular weight is 268 g/mol. The maximum absolute atomic E-state index is 12.0. The highest BCUT2D eigenvalue weighted by atomic mass is 32.1. The van der Waals surface area contributed by atoms with Crippen molar-refractivity contribution in [3.05, 3.63) is 21.4 Å². The summed E-state index contributed by atoms with van der Waals surface area (Å²) in [6, 6.07) is 1.75. The summed E-state index contributed by atoms with van der Waals surface area (Å²) in [7, 11) is 0. The van der Waals surface area contributed by atoms with Crippen LogP contribution in [0.2, 0.25) is 0 Å². The molecule has 0 spiro atoms. The van der Waals surface area contributed by atoms with Crippen molar-refractivity contribution < 1.29 is 4.79 Å². The van der Waals surface area contributed by atoms with Crippen molar-refractivity contribution in [2.45, 2.75) is 53.1 Å². The first kappa shape index (κ1) is 15.2. The summed E-state index contributed by atoms with van der Waals surface area (Å²) in [6.45, 7) is 10.2. The second-order valence-electron chi connectivity index (χ2n) is 5.01. The number of nitrogens with two attached hydrogens (primary N) is 1. The molecule has 0 fully saturated rings. The van der Waals surface area contributed by atoms with E-state index in [1.165, 1.54) is 15.3 Å².